The van der Waals surface area contributed by atoms with Gasteiger partial charge in [-0.15, -0.1) is 0 Å². The van der Waals surface area contributed by atoms with Crippen LogP contribution in [0.25, 0.3) is 0 Å². The highest BCUT2D eigenvalue weighted by molar-refractivity contribution is 14.1. The van der Waals surface area contributed by atoms with Crippen LogP contribution in [0.3, 0.4) is 0 Å². The second-order valence-corrected chi connectivity index (χ2v) is 5.25. The molecule has 0 aliphatic heterocycles. The van der Waals surface area contributed by atoms with Gasteiger partial charge in [-0.05, 0) is 53.3 Å². The standard InChI is InChI=1S/C15H16INO/c1-2-18-14-9-4-3-8-13(14)15(17)11-6-5-7-12(16)10-11/h3-10,15H,2,17H2,1H3. The molecule has 0 spiro atoms. The molecule has 2 rings (SSSR count). The largest absolute Gasteiger partial charge is 0.494 e. The Morgan fingerprint density at radius 3 is 2.67 bits per heavy atom. The van der Waals surface area contributed by atoms with E-state index in [0.717, 1.165) is 16.9 Å². The van der Waals surface area contributed by atoms with Crippen molar-refractivity contribution >= 4 is 22.6 Å². The highest BCUT2D eigenvalue weighted by atomic mass is 127. The van der Waals surface area contributed by atoms with E-state index >= 15 is 0 Å². The van der Waals surface area contributed by atoms with Crippen LogP contribution in [0, 0.1) is 3.57 Å². The Balaban J connectivity index is 2.36. The number of ether oxygens (including phenoxy) is 1. The zero-order chi connectivity index (χ0) is 13.0. The fourth-order valence-corrected chi connectivity index (χ4v) is 2.47. The summed E-state index contributed by atoms with van der Waals surface area (Å²) in [5, 5.41) is 0. The van der Waals surface area contributed by atoms with Gasteiger partial charge in [-0.25, -0.2) is 0 Å². The summed E-state index contributed by atoms with van der Waals surface area (Å²) >= 11 is 2.30. The van der Waals surface area contributed by atoms with Gasteiger partial charge in [0.05, 0.1) is 12.6 Å². The van der Waals surface area contributed by atoms with Crippen LogP contribution < -0.4 is 10.5 Å². The Hall–Kier alpha value is -1.07. The fraction of sp³-hybridized carbons (Fsp3) is 0.200. The lowest BCUT2D eigenvalue weighted by Crippen LogP contribution is -2.13. The second-order valence-electron chi connectivity index (χ2n) is 4.00. The second kappa shape index (κ2) is 6.20. The minimum Gasteiger partial charge on any atom is -0.494 e. The maximum atomic E-state index is 6.33. The monoisotopic (exact) mass is 353 g/mol. The quantitative estimate of drug-likeness (QED) is 0.850. The van der Waals surface area contributed by atoms with Gasteiger partial charge in [0.15, 0.2) is 0 Å². The molecule has 2 aromatic rings. The van der Waals surface area contributed by atoms with Gasteiger partial charge in [0.2, 0.25) is 0 Å². The van der Waals surface area contributed by atoms with Crippen LogP contribution >= 0.6 is 22.6 Å². The van der Waals surface area contributed by atoms with E-state index in [1.54, 1.807) is 0 Å². The van der Waals surface area contributed by atoms with E-state index in [1.165, 1.54) is 3.57 Å². The number of halogens is 1. The minimum atomic E-state index is -0.150. The van der Waals surface area contributed by atoms with Crippen LogP contribution in [-0.2, 0) is 0 Å². The summed E-state index contributed by atoms with van der Waals surface area (Å²) in [6.07, 6.45) is 0. The first-order chi connectivity index (χ1) is 8.72. The first-order valence-corrected chi connectivity index (χ1v) is 7.03. The third-order valence-electron chi connectivity index (χ3n) is 2.76. The predicted octanol–water partition coefficient (Wildman–Crippen LogP) is 3.74. The average Bonchev–Trinajstić information content (AvgIpc) is 2.39. The number of para-hydroxylation sites is 1. The van der Waals surface area contributed by atoms with Crippen molar-refractivity contribution in [2.24, 2.45) is 5.73 Å². The summed E-state index contributed by atoms with van der Waals surface area (Å²) in [5.41, 5.74) is 8.47. The van der Waals surface area contributed by atoms with Crippen molar-refractivity contribution in [3.05, 3.63) is 63.2 Å². The molecule has 0 aliphatic carbocycles. The Bertz CT molecular complexity index is 527. The summed E-state index contributed by atoms with van der Waals surface area (Å²) in [5.74, 6) is 0.867. The van der Waals surface area contributed by atoms with Gasteiger partial charge in [0.25, 0.3) is 0 Å². The van der Waals surface area contributed by atoms with Crippen molar-refractivity contribution in [1.82, 2.24) is 0 Å². The average molecular weight is 353 g/mol. The van der Waals surface area contributed by atoms with Crippen LogP contribution in [0.5, 0.6) is 5.75 Å². The van der Waals surface area contributed by atoms with E-state index in [9.17, 15) is 0 Å². The molecular formula is C15H16INO. The van der Waals surface area contributed by atoms with Crippen molar-refractivity contribution in [3.8, 4) is 5.75 Å². The van der Waals surface area contributed by atoms with Gasteiger partial charge in [0.1, 0.15) is 5.75 Å². The Kier molecular flexibility index (Phi) is 4.60. The Morgan fingerprint density at radius 2 is 1.94 bits per heavy atom. The molecule has 0 saturated heterocycles. The third-order valence-corrected chi connectivity index (χ3v) is 3.43. The summed E-state index contributed by atoms with van der Waals surface area (Å²) < 4.78 is 6.82. The molecule has 0 saturated carbocycles. The topological polar surface area (TPSA) is 35.2 Å². The first-order valence-electron chi connectivity index (χ1n) is 5.95. The summed E-state index contributed by atoms with van der Waals surface area (Å²) in [7, 11) is 0. The molecule has 94 valence electrons. The van der Waals surface area contributed by atoms with Crippen molar-refractivity contribution in [2.45, 2.75) is 13.0 Å². The molecule has 18 heavy (non-hydrogen) atoms. The summed E-state index contributed by atoms with van der Waals surface area (Å²) in [6.45, 7) is 2.63. The van der Waals surface area contributed by atoms with Crippen molar-refractivity contribution < 1.29 is 4.74 Å². The van der Waals surface area contributed by atoms with Crippen molar-refractivity contribution in [1.29, 1.82) is 0 Å². The SMILES string of the molecule is CCOc1ccccc1C(N)c1cccc(I)c1. The van der Waals surface area contributed by atoms with Gasteiger partial charge < -0.3 is 10.5 Å². The molecule has 0 bridgehead atoms. The highest BCUT2D eigenvalue weighted by Crippen LogP contribution is 2.28. The van der Waals surface area contributed by atoms with Crippen LogP contribution in [0.15, 0.2) is 48.5 Å². The molecule has 0 heterocycles. The van der Waals surface area contributed by atoms with E-state index in [1.807, 2.05) is 37.3 Å². The van der Waals surface area contributed by atoms with Crippen LogP contribution in [0.2, 0.25) is 0 Å². The summed E-state index contributed by atoms with van der Waals surface area (Å²) in [4.78, 5) is 0. The molecule has 2 nitrogen and oxygen atoms in total. The van der Waals surface area contributed by atoms with Gasteiger partial charge in [0, 0.05) is 9.13 Å². The molecule has 2 N–H and O–H groups in total. The maximum Gasteiger partial charge on any atom is 0.124 e. The normalized spacial score (nSPS) is 12.2. The number of hydrogen-bond acceptors (Lipinski definition) is 2. The maximum absolute atomic E-state index is 6.33. The zero-order valence-electron chi connectivity index (χ0n) is 10.3. The van der Waals surface area contributed by atoms with Gasteiger partial charge in [-0.2, -0.15) is 0 Å². The van der Waals surface area contributed by atoms with E-state index in [4.69, 9.17) is 10.5 Å². The number of rotatable bonds is 4. The third kappa shape index (κ3) is 3.03. The van der Waals surface area contributed by atoms with E-state index in [-0.39, 0.29) is 6.04 Å². The van der Waals surface area contributed by atoms with Crippen LogP contribution in [-0.4, -0.2) is 6.61 Å². The molecule has 0 aliphatic rings. The molecular weight excluding hydrogens is 337 g/mol. The first kappa shape index (κ1) is 13.4. The predicted molar refractivity (Wildman–Crippen MR) is 82.8 cm³/mol. The van der Waals surface area contributed by atoms with Gasteiger partial charge in [-0.1, -0.05) is 30.3 Å². The van der Waals surface area contributed by atoms with E-state index < -0.39 is 0 Å². The van der Waals surface area contributed by atoms with Crippen LogP contribution in [0.1, 0.15) is 24.1 Å². The Labute approximate surface area is 121 Å². The Morgan fingerprint density at radius 1 is 1.17 bits per heavy atom. The number of nitrogens with two attached hydrogens (primary N) is 1. The lowest BCUT2D eigenvalue weighted by Gasteiger charge is -2.17. The number of hydrogen-bond donors (Lipinski definition) is 1. The smallest absolute Gasteiger partial charge is 0.124 e. The molecule has 0 amide bonds. The lowest BCUT2D eigenvalue weighted by atomic mass is 9.99. The molecule has 1 atom stereocenters. The minimum absolute atomic E-state index is 0.150. The van der Waals surface area contributed by atoms with Crippen molar-refractivity contribution in [3.63, 3.8) is 0 Å². The van der Waals surface area contributed by atoms with Gasteiger partial charge >= 0.3 is 0 Å². The molecule has 2 aromatic carbocycles. The van der Waals surface area contributed by atoms with E-state index in [0.29, 0.717) is 6.61 Å². The van der Waals surface area contributed by atoms with E-state index in [2.05, 4.69) is 40.8 Å². The molecule has 0 aromatic heterocycles. The lowest BCUT2D eigenvalue weighted by molar-refractivity contribution is 0.335. The van der Waals surface area contributed by atoms with Crippen LogP contribution in [0.4, 0.5) is 0 Å². The molecule has 0 radical (unpaired) electrons. The van der Waals surface area contributed by atoms with Crippen molar-refractivity contribution in [2.75, 3.05) is 6.61 Å². The molecule has 3 heteroatoms. The highest BCUT2D eigenvalue weighted by Gasteiger charge is 2.13. The van der Waals surface area contributed by atoms with Gasteiger partial charge in [-0.3, -0.25) is 0 Å². The fourth-order valence-electron chi connectivity index (χ4n) is 1.90. The molecule has 0 fully saturated rings. The zero-order valence-corrected chi connectivity index (χ0v) is 12.4. The summed E-state index contributed by atoms with van der Waals surface area (Å²) in [6, 6.07) is 16.0. The molecule has 1 unspecified atom stereocenters. The number of benzene rings is 2.